The highest BCUT2D eigenvalue weighted by molar-refractivity contribution is 8.36. The zero-order chi connectivity index (χ0) is 20.1. The predicted molar refractivity (Wildman–Crippen MR) is 136 cm³/mol. The molecule has 0 fully saturated rings. The number of allylic oxidation sites excluding steroid dienone is 3. The lowest BCUT2D eigenvalue weighted by Gasteiger charge is -2.11. The molecular formula is C24H20OS4. The van der Waals surface area contributed by atoms with Gasteiger partial charge >= 0.3 is 0 Å². The molecular weight excluding hydrogens is 433 g/mol. The van der Waals surface area contributed by atoms with Crippen LogP contribution in [0.5, 0.6) is 0 Å². The van der Waals surface area contributed by atoms with Gasteiger partial charge < -0.3 is 5.11 Å². The van der Waals surface area contributed by atoms with E-state index in [1.165, 1.54) is 55.2 Å². The van der Waals surface area contributed by atoms with Crippen molar-refractivity contribution in [3.63, 3.8) is 0 Å². The van der Waals surface area contributed by atoms with Crippen molar-refractivity contribution in [3.05, 3.63) is 78.6 Å². The summed E-state index contributed by atoms with van der Waals surface area (Å²) in [6.45, 7) is 6.64. The van der Waals surface area contributed by atoms with E-state index in [1.54, 1.807) is 23.5 Å². The summed E-state index contributed by atoms with van der Waals surface area (Å²) in [6.07, 6.45) is 0. The van der Waals surface area contributed by atoms with E-state index in [4.69, 9.17) is 0 Å². The second-order valence-electron chi connectivity index (χ2n) is 7.07. The highest BCUT2D eigenvalue weighted by Crippen LogP contribution is 2.51. The summed E-state index contributed by atoms with van der Waals surface area (Å²) in [5.41, 5.74) is 0. The highest BCUT2D eigenvalue weighted by atomic mass is 32.2. The molecule has 1 N–H and O–H groups in total. The molecule has 3 aromatic rings. The van der Waals surface area contributed by atoms with Crippen molar-refractivity contribution in [2.24, 2.45) is 0 Å². The first-order valence-electron chi connectivity index (χ1n) is 9.46. The van der Waals surface area contributed by atoms with Crippen molar-refractivity contribution in [3.8, 4) is 0 Å². The van der Waals surface area contributed by atoms with Gasteiger partial charge in [-0.05, 0) is 57.0 Å². The molecule has 0 saturated carbocycles. The predicted octanol–water partition coefficient (Wildman–Crippen LogP) is 6.56. The van der Waals surface area contributed by atoms with Gasteiger partial charge in [0.25, 0.3) is 0 Å². The van der Waals surface area contributed by atoms with Crippen LogP contribution in [0.15, 0.2) is 68.2 Å². The number of benzene rings is 3. The summed E-state index contributed by atoms with van der Waals surface area (Å²) in [5, 5.41) is 17.6. The fraction of sp³-hybridized carbons (Fsp3) is 0.167. The minimum atomic E-state index is 0.108. The molecule has 2 aliphatic rings. The summed E-state index contributed by atoms with van der Waals surface area (Å²) in [7, 11) is 0. The Labute approximate surface area is 187 Å². The van der Waals surface area contributed by atoms with Crippen molar-refractivity contribution in [1.29, 1.82) is 0 Å². The second-order valence-corrected chi connectivity index (χ2v) is 12.4. The van der Waals surface area contributed by atoms with Crippen molar-refractivity contribution < 1.29 is 5.11 Å². The van der Waals surface area contributed by atoms with Gasteiger partial charge in [-0.1, -0.05) is 95.6 Å². The van der Waals surface area contributed by atoms with Crippen molar-refractivity contribution in [1.82, 2.24) is 0 Å². The summed E-state index contributed by atoms with van der Waals surface area (Å²) in [5.74, 6) is 0. The number of aliphatic hydroxyl groups excluding tert-OH is 1. The maximum absolute atomic E-state index is 9.75. The van der Waals surface area contributed by atoms with E-state index in [2.05, 4.69) is 69.3 Å². The number of rotatable bonds is 1. The van der Waals surface area contributed by atoms with E-state index in [0.717, 1.165) is 4.91 Å². The maximum atomic E-state index is 9.75. The van der Waals surface area contributed by atoms with Crippen molar-refractivity contribution in [2.45, 2.75) is 20.8 Å². The summed E-state index contributed by atoms with van der Waals surface area (Å²) in [4.78, 5) is 5.06. The van der Waals surface area contributed by atoms with Crippen LogP contribution >= 0.6 is 47.0 Å². The van der Waals surface area contributed by atoms with E-state index >= 15 is 0 Å². The van der Waals surface area contributed by atoms with Crippen LogP contribution in [-0.2, 0) is 0 Å². The Morgan fingerprint density at radius 2 is 0.966 bits per heavy atom. The first-order chi connectivity index (χ1) is 14.1. The molecule has 0 unspecified atom stereocenters. The van der Waals surface area contributed by atoms with Crippen LogP contribution in [-0.4, -0.2) is 11.7 Å². The molecule has 2 heterocycles. The third-order valence-electron chi connectivity index (χ3n) is 5.33. The quantitative estimate of drug-likeness (QED) is 0.421. The first-order valence-corrected chi connectivity index (χ1v) is 12.7. The second kappa shape index (κ2) is 7.78. The molecule has 146 valence electrons. The molecule has 0 aliphatic carbocycles. The molecule has 0 bridgehead atoms. The lowest BCUT2D eigenvalue weighted by Crippen LogP contribution is -2.16. The van der Waals surface area contributed by atoms with Crippen molar-refractivity contribution >= 4 is 77.1 Å². The Kier molecular flexibility index (Phi) is 5.29. The molecule has 0 aromatic heterocycles. The molecule has 5 rings (SSSR count). The highest BCUT2D eigenvalue weighted by Gasteiger charge is 2.22. The minimum Gasteiger partial charge on any atom is -0.391 e. The van der Waals surface area contributed by atoms with Crippen molar-refractivity contribution in [2.75, 3.05) is 6.61 Å². The van der Waals surface area contributed by atoms with Crippen LogP contribution in [0.25, 0.3) is 30.0 Å². The van der Waals surface area contributed by atoms with Gasteiger partial charge in [0.2, 0.25) is 0 Å². The number of thioether (sulfide) groups is 4. The van der Waals surface area contributed by atoms with Crippen LogP contribution in [0.4, 0.5) is 0 Å². The third kappa shape index (κ3) is 3.28. The zero-order valence-electron chi connectivity index (χ0n) is 16.4. The van der Waals surface area contributed by atoms with Gasteiger partial charge in [0.1, 0.15) is 0 Å². The Morgan fingerprint density at radius 1 is 0.586 bits per heavy atom. The summed E-state index contributed by atoms with van der Waals surface area (Å²) >= 11 is 7.32. The SMILES string of the molecule is CC1=C(C)SC(=c2c3ccccc3c(=C3SC(C)=C(CO)S3)c3ccccc23)S1. The molecule has 0 atom stereocenters. The Bertz CT molecular complexity index is 1290. The van der Waals surface area contributed by atoms with E-state index in [-0.39, 0.29) is 6.61 Å². The molecule has 3 aromatic carbocycles. The molecule has 2 aliphatic heterocycles. The number of hydrogen-bond acceptors (Lipinski definition) is 5. The van der Waals surface area contributed by atoms with E-state index in [1.807, 2.05) is 23.5 Å². The van der Waals surface area contributed by atoms with Gasteiger partial charge in [0.15, 0.2) is 0 Å². The fourth-order valence-corrected chi connectivity index (χ4v) is 9.04. The number of hydrogen-bond donors (Lipinski definition) is 1. The monoisotopic (exact) mass is 452 g/mol. The standard InChI is InChI=1S/C24H20OS4/c1-13-14(2)27-23(26-13)21-16-8-4-6-10-18(16)22(19-11-7-5-9-17(19)21)24-28-15(3)20(12-25)29-24/h4-11,25H,12H2,1-3H3. The van der Waals surface area contributed by atoms with Gasteiger partial charge in [0.05, 0.1) is 15.1 Å². The average Bonchev–Trinajstić information content (AvgIpc) is 3.27. The summed E-state index contributed by atoms with van der Waals surface area (Å²) in [6, 6.07) is 17.6. The Balaban J connectivity index is 1.97. The van der Waals surface area contributed by atoms with Crippen LogP contribution < -0.4 is 10.4 Å². The molecule has 29 heavy (non-hydrogen) atoms. The van der Waals surface area contributed by atoms with E-state index in [9.17, 15) is 5.11 Å². The zero-order valence-corrected chi connectivity index (χ0v) is 19.7. The minimum absolute atomic E-state index is 0.108. The molecule has 0 spiro atoms. The first kappa shape index (κ1) is 19.7. The van der Waals surface area contributed by atoms with Crippen LogP contribution in [0.1, 0.15) is 20.8 Å². The normalized spacial score (nSPS) is 17.5. The van der Waals surface area contributed by atoms with Crippen LogP contribution in [0.3, 0.4) is 0 Å². The lowest BCUT2D eigenvalue weighted by atomic mass is 9.99. The fourth-order valence-electron chi connectivity index (χ4n) is 3.76. The van der Waals surface area contributed by atoms with Crippen LogP contribution in [0, 0.1) is 0 Å². The Morgan fingerprint density at radius 3 is 1.34 bits per heavy atom. The topological polar surface area (TPSA) is 20.2 Å². The molecule has 0 saturated heterocycles. The number of fused-ring (bicyclic) bond motifs is 2. The van der Waals surface area contributed by atoms with Gasteiger partial charge in [0, 0.05) is 15.3 Å². The Hall–Kier alpha value is -1.24. The average molecular weight is 453 g/mol. The van der Waals surface area contributed by atoms with E-state index in [0.29, 0.717) is 0 Å². The van der Waals surface area contributed by atoms with Gasteiger partial charge in [-0.2, -0.15) is 0 Å². The molecule has 1 nitrogen and oxygen atoms in total. The van der Waals surface area contributed by atoms with E-state index < -0.39 is 0 Å². The largest absolute Gasteiger partial charge is 0.391 e. The van der Waals surface area contributed by atoms with Crippen LogP contribution in [0.2, 0.25) is 0 Å². The molecule has 5 heteroatoms. The molecule has 0 amide bonds. The maximum Gasteiger partial charge on any atom is 0.0752 e. The smallest absolute Gasteiger partial charge is 0.0752 e. The lowest BCUT2D eigenvalue weighted by molar-refractivity contribution is 0.339. The van der Waals surface area contributed by atoms with Gasteiger partial charge in [-0.15, -0.1) is 0 Å². The third-order valence-corrected chi connectivity index (χ3v) is 10.6. The van der Waals surface area contributed by atoms with Gasteiger partial charge in [-0.3, -0.25) is 0 Å². The number of aliphatic hydroxyl groups is 1. The molecule has 0 radical (unpaired) electrons. The summed E-state index contributed by atoms with van der Waals surface area (Å²) < 4.78 is 2.65. The van der Waals surface area contributed by atoms with Gasteiger partial charge in [-0.25, -0.2) is 0 Å².